The lowest BCUT2D eigenvalue weighted by atomic mass is 10.2. The second-order valence-corrected chi connectivity index (χ2v) is 7.92. The van der Waals surface area contributed by atoms with E-state index in [0.717, 1.165) is 5.56 Å². The second-order valence-electron chi connectivity index (χ2n) is 7.48. The van der Waals surface area contributed by atoms with Crippen molar-refractivity contribution in [3.8, 4) is 17.2 Å². The maximum atomic E-state index is 12.1. The van der Waals surface area contributed by atoms with Crippen molar-refractivity contribution in [3.63, 3.8) is 0 Å². The van der Waals surface area contributed by atoms with Crippen LogP contribution in [0.4, 0.5) is 5.69 Å². The minimum Gasteiger partial charge on any atom is -0.497 e. The zero-order valence-electron chi connectivity index (χ0n) is 20.1. The Bertz CT molecular complexity index is 1260. The molecule has 0 aliphatic rings. The molecule has 0 saturated heterocycles. The maximum absolute atomic E-state index is 12.1. The molecule has 11 heteroatoms. The molecule has 3 N–H and O–H groups in total. The van der Waals surface area contributed by atoms with E-state index in [1.54, 1.807) is 73.8 Å². The monoisotopic (exact) mass is 524 g/mol. The van der Waals surface area contributed by atoms with Crippen molar-refractivity contribution in [1.29, 1.82) is 0 Å². The standard InChI is InChI=1S/C26H25ClN4O6/c1-35-21-10-3-17(4-11-21)14-28-25(33)26(34)31-29-15-18-5-12-22(23(13-18)36-2)37-16-24(32)30-20-8-6-19(27)7-9-20/h3-13,15H,14,16H2,1-2H3,(H,28,33)(H,30,32)(H,31,34)/b29-15-. The number of amides is 3. The van der Waals surface area contributed by atoms with E-state index < -0.39 is 11.8 Å². The summed E-state index contributed by atoms with van der Waals surface area (Å²) in [5.41, 5.74) is 4.13. The van der Waals surface area contributed by atoms with Gasteiger partial charge in [0.1, 0.15) is 5.75 Å². The molecule has 0 spiro atoms. The average molecular weight is 525 g/mol. The molecule has 192 valence electrons. The largest absolute Gasteiger partial charge is 0.497 e. The fourth-order valence-corrected chi connectivity index (χ4v) is 3.11. The SMILES string of the molecule is COc1ccc(CNC(=O)C(=O)N/N=C\c2ccc(OCC(=O)Nc3ccc(Cl)cc3)c(OC)c2)cc1. The van der Waals surface area contributed by atoms with Crippen LogP contribution in [0, 0.1) is 0 Å². The predicted octanol–water partition coefficient (Wildman–Crippen LogP) is 3.14. The number of carbonyl (C=O) groups is 3. The van der Waals surface area contributed by atoms with Crippen LogP contribution < -0.4 is 30.3 Å². The van der Waals surface area contributed by atoms with Gasteiger partial charge in [0.15, 0.2) is 18.1 Å². The molecule has 0 aliphatic heterocycles. The van der Waals surface area contributed by atoms with Crippen molar-refractivity contribution in [2.24, 2.45) is 5.10 Å². The molecular weight excluding hydrogens is 500 g/mol. The lowest BCUT2D eigenvalue weighted by Crippen LogP contribution is -2.37. The molecule has 0 fully saturated rings. The van der Waals surface area contributed by atoms with Gasteiger partial charge in [-0.25, -0.2) is 5.43 Å². The first kappa shape index (κ1) is 27.0. The number of ether oxygens (including phenoxy) is 3. The Kier molecular flexibility index (Phi) is 9.86. The summed E-state index contributed by atoms with van der Waals surface area (Å²) in [7, 11) is 3.01. The molecule has 10 nitrogen and oxygen atoms in total. The van der Waals surface area contributed by atoms with E-state index in [4.69, 9.17) is 25.8 Å². The van der Waals surface area contributed by atoms with Crippen LogP contribution in [0.2, 0.25) is 5.02 Å². The van der Waals surface area contributed by atoms with Crippen molar-refractivity contribution in [2.75, 3.05) is 26.1 Å². The van der Waals surface area contributed by atoms with Gasteiger partial charge in [0.05, 0.1) is 20.4 Å². The van der Waals surface area contributed by atoms with Crippen LogP contribution >= 0.6 is 11.6 Å². The molecule has 0 radical (unpaired) electrons. The van der Waals surface area contributed by atoms with Gasteiger partial charge in [-0.15, -0.1) is 0 Å². The van der Waals surface area contributed by atoms with Gasteiger partial charge in [0.25, 0.3) is 5.91 Å². The molecule has 0 heterocycles. The van der Waals surface area contributed by atoms with Gasteiger partial charge in [0.2, 0.25) is 0 Å². The Hall–Kier alpha value is -4.57. The second kappa shape index (κ2) is 13.5. The molecule has 3 aromatic rings. The number of halogens is 1. The topological polar surface area (TPSA) is 127 Å². The van der Waals surface area contributed by atoms with E-state index >= 15 is 0 Å². The smallest absolute Gasteiger partial charge is 0.329 e. The van der Waals surface area contributed by atoms with Crippen molar-refractivity contribution in [3.05, 3.63) is 82.9 Å². The van der Waals surface area contributed by atoms with E-state index in [2.05, 4.69) is 21.2 Å². The highest BCUT2D eigenvalue weighted by atomic mass is 35.5. The van der Waals surface area contributed by atoms with Gasteiger partial charge in [-0.2, -0.15) is 5.10 Å². The molecule has 3 aromatic carbocycles. The Labute approximate surface area is 218 Å². The predicted molar refractivity (Wildman–Crippen MR) is 139 cm³/mol. The number of hydrazone groups is 1. The van der Waals surface area contributed by atoms with Crippen LogP contribution in [0.5, 0.6) is 17.2 Å². The van der Waals surface area contributed by atoms with Gasteiger partial charge in [0, 0.05) is 17.3 Å². The van der Waals surface area contributed by atoms with Crippen molar-refractivity contribution in [1.82, 2.24) is 10.7 Å². The highest BCUT2D eigenvalue weighted by Crippen LogP contribution is 2.27. The normalized spacial score (nSPS) is 10.5. The molecule has 0 atom stereocenters. The molecule has 0 aliphatic carbocycles. The van der Waals surface area contributed by atoms with Crippen molar-refractivity contribution < 1.29 is 28.6 Å². The van der Waals surface area contributed by atoms with Crippen LogP contribution in [0.3, 0.4) is 0 Å². The van der Waals surface area contributed by atoms with E-state index in [1.165, 1.54) is 13.3 Å². The first-order valence-corrected chi connectivity index (χ1v) is 11.4. The lowest BCUT2D eigenvalue weighted by molar-refractivity contribution is -0.139. The molecule has 0 saturated carbocycles. The van der Waals surface area contributed by atoms with Crippen LogP contribution in [0.15, 0.2) is 71.8 Å². The van der Waals surface area contributed by atoms with Gasteiger partial charge < -0.3 is 24.8 Å². The fourth-order valence-electron chi connectivity index (χ4n) is 2.98. The summed E-state index contributed by atoms with van der Waals surface area (Å²) < 4.78 is 15.9. The Morgan fingerprint density at radius 3 is 2.30 bits per heavy atom. The third-order valence-electron chi connectivity index (χ3n) is 4.87. The number of anilines is 1. The fraction of sp³-hybridized carbons (Fsp3) is 0.154. The van der Waals surface area contributed by atoms with Gasteiger partial charge in [-0.3, -0.25) is 14.4 Å². The first-order valence-electron chi connectivity index (χ1n) is 11.0. The number of hydrogen-bond acceptors (Lipinski definition) is 7. The summed E-state index contributed by atoms with van der Waals surface area (Å²) in [4.78, 5) is 36.1. The third-order valence-corrected chi connectivity index (χ3v) is 5.12. The van der Waals surface area contributed by atoms with Gasteiger partial charge >= 0.3 is 11.8 Å². The highest BCUT2D eigenvalue weighted by Gasteiger charge is 2.12. The average Bonchev–Trinajstić information content (AvgIpc) is 2.92. The van der Waals surface area contributed by atoms with Crippen LogP contribution in [-0.2, 0) is 20.9 Å². The van der Waals surface area contributed by atoms with E-state index in [0.29, 0.717) is 33.5 Å². The van der Waals surface area contributed by atoms with Crippen LogP contribution in [0.25, 0.3) is 0 Å². The Morgan fingerprint density at radius 1 is 0.892 bits per heavy atom. The quantitative estimate of drug-likeness (QED) is 0.212. The summed E-state index contributed by atoms with van der Waals surface area (Å²) in [5.74, 6) is -0.713. The maximum Gasteiger partial charge on any atom is 0.329 e. The Balaban J connectivity index is 1.47. The summed E-state index contributed by atoms with van der Waals surface area (Å²) in [6.45, 7) is -0.0650. The number of hydrogen-bond donors (Lipinski definition) is 3. The number of nitrogens with zero attached hydrogens (tertiary/aromatic N) is 1. The molecule has 3 amide bonds. The number of benzene rings is 3. The van der Waals surface area contributed by atoms with E-state index in [-0.39, 0.29) is 19.1 Å². The van der Waals surface area contributed by atoms with Crippen LogP contribution in [0.1, 0.15) is 11.1 Å². The number of methoxy groups -OCH3 is 2. The Morgan fingerprint density at radius 2 is 1.62 bits per heavy atom. The molecule has 3 rings (SSSR count). The first-order chi connectivity index (χ1) is 17.9. The minimum absolute atomic E-state index is 0.177. The molecule has 0 bridgehead atoms. The van der Waals surface area contributed by atoms with Gasteiger partial charge in [-0.1, -0.05) is 23.7 Å². The van der Waals surface area contributed by atoms with E-state index in [9.17, 15) is 14.4 Å². The zero-order valence-corrected chi connectivity index (χ0v) is 20.9. The van der Waals surface area contributed by atoms with Crippen molar-refractivity contribution in [2.45, 2.75) is 6.54 Å². The molecule has 0 unspecified atom stereocenters. The van der Waals surface area contributed by atoms with Crippen molar-refractivity contribution >= 4 is 41.2 Å². The lowest BCUT2D eigenvalue weighted by Gasteiger charge is -2.11. The zero-order chi connectivity index (χ0) is 26.6. The third kappa shape index (κ3) is 8.55. The summed E-state index contributed by atoms with van der Waals surface area (Å²) in [6, 6.07) is 18.6. The highest BCUT2D eigenvalue weighted by molar-refractivity contribution is 6.35. The summed E-state index contributed by atoms with van der Waals surface area (Å²) >= 11 is 5.84. The minimum atomic E-state index is -0.914. The molecule has 0 aromatic heterocycles. The summed E-state index contributed by atoms with van der Waals surface area (Å²) in [5, 5.41) is 9.57. The molecule has 37 heavy (non-hydrogen) atoms. The summed E-state index contributed by atoms with van der Waals surface area (Å²) in [6.07, 6.45) is 1.34. The number of rotatable bonds is 10. The number of nitrogens with one attached hydrogen (secondary N) is 3. The number of carbonyl (C=O) groups excluding carboxylic acids is 3. The van der Waals surface area contributed by atoms with Crippen LogP contribution in [-0.4, -0.2) is 44.8 Å². The van der Waals surface area contributed by atoms with E-state index in [1.807, 2.05) is 0 Å². The molecular formula is C26H25ClN4O6. The van der Waals surface area contributed by atoms with Gasteiger partial charge in [-0.05, 0) is 65.7 Å².